The summed E-state index contributed by atoms with van der Waals surface area (Å²) in [4.78, 5) is 17.0. The number of carbonyl (C=O) groups excluding carboxylic acids is 1. The molecule has 0 saturated carbocycles. The fourth-order valence-corrected chi connectivity index (χ4v) is 3.89. The summed E-state index contributed by atoms with van der Waals surface area (Å²) in [5.74, 6) is 2.02. The molecule has 3 rings (SSSR count). The van der Waals surface area contributed by atoms with Crippen LogP contribution in [0.25, 0.3) is 11.4 Å². The third-order valence-electron chi connectivity index (χ3n) is 5.41. The number of benzene rings is 1. The van der Waals surface area contributed by atoms with Gasteiger partial charge in [0.25, 0.3) is 5.91 Å². The van der Waals surface area contributed by atoms with E-state index in [2.05, 4.69) is 33.9 Å². The topological polar surface area (TPSA) is 82.2 Å². The average molecular weight is 425 g/mol. The molecular weight excluding hydrogens is 392 g/mol. The van der Waals surface area contributed by atoms with Crippen LogP contribution in [0.3, 0.4) is 0 Å². The monoisotopic (exact) mass is 424 g/mol. The van der Waals surface area contributed by atoms with Gasteiger partial charge in [-0.25, -0.2) is 0 Å². The van der Waals surface area contributed by atoms with Crippen LogP contribution in [0.1, 0.15) is 66.8 Å². The lowest BCUT2D eigenvalue weighted by Crippen LogP contribution is -2.25. The third kappa shape index (κ3) is 5.54. The molecule has 31 heavy (non-hydrogen) atoms. The van der Waals surface area contributed by atoms with E-state index >= 15 is 0 Å². The highest BCUT2D eigenvalue weighted by Gasteiger charge is 2.16. The lowest BCUT2D eigenvalue weighted by Gasteiger charge is -2.13. The number of hydrogen-bond donors (Lipinski definition) is 1. The number of methoxy groups -OCH3 is 1. The Morgan fingerprint density at radius 3 is 2.55 bits per heavy atom. The SMILES string of the molecule is COc1ccc(-c2noc(CCCCCNC(=O)c3cc(C)n(C(C)C)c3C)n2)cc1. The number of aromatic nitrogens is 3. The van der Waals surface area contributed by atoms with E-state index in [4.69, 9.17) is 9.26 Å². The van der Waals surface area contributed by atoms with E-state index < -0.39 is 0 Å². The maximum Gasteiger partial charge on any atom is 0.253 e. The van der Waals surface area contributed by atoms with Crippen molar-refractivity contribution in [2.75, 3.05) is 13.7 Å². The highest BCUT2D eigenvalue weighted by Crippen LogP contribution is 2.21. The van der Waals surface area contributed by atoms with Crippen LogP contribution in [0, 0.1) is 13.8 Å². The molecule has 1 amide bonds. The Labute approximate surface area is 183 Å². The van der Waals surface area contributed by atoms with Gasteiger partial charge in [-0.05, 0) is 70.9 Å². The van der Waals surface area contributed by atoms with Crippen LogP contribution in [-0.4, -0.2) is 34.3 Å². The molecule has 2 aromatic heterocycles. The van der Waals surface area contributed by atoms with Crippen molar-refractivity contribution in [3.63, 3.8) is 0 Å². The standard InChI is InChI=1S/C24H32N4O3/c1-16(2)28-17(3)15-21(18(28)4)24(29)25-14-8-6-7-9-22-26-23(27-31-22)19-10-12-20(30-5)13-11-19/h10-13,15-16H,6-9,14H2,1-5H3,(H,25,29). The van der Waals surface area contributed by atoms with Gasteiger partial charge in [0, 0.05) is 36.0 Å². The van der Waals surface area contributed by atoms with E-state index in [0.29, 0.717) is 24.3 Å². The minimum atomic E-state index is 0.000958. The molecule has 0 aliphatic heterocycles. The summed E-state index contributed by atoms with van der Waals surface area (Å²) in [7, 11) is 1.64. The maximum absolute atomic E-state index is 12.5. The van der Waals surface area contributed by atoms with Crippen molar-refractivity contribution >= 4 is 5.91 Å². The summed E-state index contributed by atoms with van der Waals surface area (Å²) in [6.45, 7) is 8.97. The Morgan fingerprint density at radius 1 is 1.16 bits per heavy atom. The second-order valence-corrected chi connectivity index (χ2v) is 8.06. The molecule has 0 saturated heterocycles. The number of unbranched alkanes of at least 4 members (excludes halogenated alkanes) is 2. The Hall–Kier alpha value is -3.09. The van der Waals surface area contributed by atoms with Gasteiger partial charge in [0.15, 0.2) is 0 Å². The zero-order valence-electron chi connectivity index (χ0n) is 19.1. The van der Waals surface area contributed by atoms with Gasteiger partial charge in [0.2, 0.25) is 11.7 Å². The second kappa shape index (κ2) is 10.3. The van der Waals surface area contributed by atoms with Gasteiger partial charge >= 0.3 is 0 Å². The Morgan fingerprint density at radius 2 is 1.90 bits per heavy atom. The Balaban J connectivity index is 1.39. The molecule has 0 bridgehead atoms. The van der Waals surface area contributed by atoms with Gasteiger partial charge in [-0.1, -0.05) is 11.6 Å². The summed E-state index contributed by atoms with van der Waals surface area (Å²) in [5, 5.41) is 7.10. The molecule has 1 aromatic carbocycles. The molecule has 0 fully saturated rings. The molecule has 0 unspecified atom stereocenters. The van der Waals surface area contributed by atoms with Gasteiger partial charge in [0.1, 0.15) is 5.75 Å². The van der Waals surface area contributed by atoms with Crippen molar-refractivity contribution in [2.45, 2.75) is 59.4 Å². The van der Waals surface area contributed by atoms with Crippen molar-refractivity contribution in [1.29, 1.82) is 0 Å². The largest absolute Gasteiger partial charge is 0.497 e. The van der Waals surface area contributed by atoms with Gasteiger partial charge in [-0.2, -0.15) is 4.98 Å². The number of rotatable bonds is 10. The molecule has 7 nitrogen and oxygen atoms in total. The smallest absolute Gasteiger partial charge is 0.253 e. The van der Waals surface area contributed by atoms with Crippen molar-refractivity contribution in [1.82, 2.24) is 20.0 Å². The highest BCUT2D eigenvalue weighted by atomic mass is 16.5. The van der Waals surface area contributed by atoms with Crippen LogP contribution in [0.15, 0.2) is 34.9 Å². The first-order chi connectivity index (χ1) is 14.9. The quantitative estimate of drug-likeness (QED) is 0.469. The summed E-state index contributed by atoms with van der Waals surface area (Å²) < 4.78 is 12.7. The van der Waals surface area contributed by atoms with Gasteiger partial charge in [-0.15, -0.1) is 0 Å². The summed E-state index contributed by atoms with van der Waals surface area (Å²) in [6.07, 6.45) is 3.55. The molecule has 0 aliphatic carbocycles. The minimum Gasteiger partial charge on any atom is -0.497 e. The Bertz CT molecular complexity index is 1000. The molecule has 0 spiro atoms. The number of nitrogens with zero attached hydrogens (tertiary/aromatic N) is 3. The number of ether oxygens (including phenoxy) is 1. The average Bonchev–Trinajstić information content (AvgIpc) is 3.34. The number of amides is 1. The molecule has 3 aromatic rings. The fourth-order valence-electron chi connectivity index (χ4n) is 3.89. The molecule has 0 radical (unpaired) electrons. The molecule has 0 aliphatic rings. The minimum absolute atomic E-state index is 0.000958. The molecular formula is C24H32N4O3. The summed E-state index contributed by atoms with van der Waals surface area (Å²) in [6, 6.07) is 9.89. The van der Waals surface area contributed by atoms with Gasteiger partial charge in [-0.3, -0.25) is 4.79 Å². The molecule has 166 valence electrons. The number of hydrogen-bond acceptors (Lipinski definition) is 5. The Kier molecular flexibility index (Phi) is 7.50. The van der Waals surface area contributed by atoms with Crippen LogP contribution >= 0.6 is 0 Å². The van der Waals surface area contributed by atoms with Crippen LogP contribution in [0.4, 0.5) is 0 Å². The first-order valence-corrected chi connectivity index (χ1v) is 10.8. The number of carbonyl (C=O) groups is 1. The molecule has 7 heteroatoms. The van der Waals surface area contributed by atoms with E-state index in [-0.39, 0.29) is 5.91 Å². The molecule has 0 atom stereocenters. The first-order valence-electron chi connectivity index (χ1n) is 10.8. The summed E-state index contributed by atoms with van der Waals surface area (Å²) in [5.41, 5.74) is 3.80. The van der Waals surface area contributed by atoms with E-state index in [9.17, 15) is 4.79 Å². The predicted molar refractivity (Wildman–Crippen MR) is 120 cm³/mol. The van der Waals surface area contributed by atoms with Gasteiger partial charge in [0.05, 0.1) is 12.7 Å². The lowest BCUT2D eigenvalue weighted by atomic mass is 10.2. The zero-order valence-corrected chi connectivity index (χ0v) is 19.1. The van der Waals surface area contributed by atoms with Gasteiger partial charge < -0.3 is 19.1 Å². The zero-order chi connectivity index (χ0) is 22.4. The second-order valence-electron chi connectivity index (χ2n) is 8.06. The summed E-state index contributed by atoms with van der Waals surface area (Å²) >= 11 is 0. The van der Waals surface area contributed by atoms with Crippen LogP contribution in [-0.2, 0) is 6.42 Å². The van der Waals surface area contributed by atoms with Crippen LogP contribution < -0.4 is 10.1 Å². The van der Waals surface area contributed by atoms with Crippen molar-refractivity contribution < 1.29 is 14.1 Å². The predicted octanol–water partition coefficient (Wildman–Crippen LogP) is 4.89. The van der Waals surface area contributed by atoms with Crippen molar-refractivity contribution in [3.8, 4) is 17.1 Å². The lowest BCUT2D eigenvalue weighted by molar-refractivity contribution is 0.0952. The van der Waals surface area contributed by atoms with Crippen LogP contribution in [0.2, 0.25) is 0 Å². The third-order valence-corrected chi connectivity index (χ3v) is 5.41. The molecule has 2 heterocycles. The van der Waals surface area contributed by atoms with E-state index in [1.165, 1.54) is 0 Å². The molecule has 1 N–H and O–H groups in total. The highest BCUT2D eigenvalue weighted by molar-refractivity contribution is 5.95. The number of aryl methyl sites for hydroxylation is 2. The van der Waals surface area contributed by atoms with E-state index in [1.807, 2.05) is 44.2 Å². The van der Waals surface area contributed by atoms with Crippen LogP contribution in [0.5, 0.6) is 5.75 Å². The van der Waals surface area contributed by atoms with E-state index in [1.54, 1.807) is 7.11 Å². The van der Waals surface area contributed by atoms with E-state index in [0.717, 1.165) is 53.9 Å². The maximum atomic E-state index is 12.5. The first kappa shape index (κ1) is 22.6. The fraction of sp³-hybridized carbons (Fsp3) is 0.458. The normalized spacial score (nSPS) is 11.2. The van der Waals surface area contributed by atoms with Crippen molar-refractivity contribution in [2.24, 2.45) is 0 Å². The van der Waals surface area contributed by atoms with Crippen molar-refractivity contribution in [3.05, 3.63) is 53.2 Å². The number of nitrogens with one attached hydrogen (secondary N) is 1.